The number of amides is 1. The van der Waals surface area contributed by atoms with Crippen molar-refractivity contribution in [3.63, 3.8) is 0 Å². The Morgan fingerprint density at radius 1 is 0.818 bits per heavy atom. The van der Waals surface area contributed by atoms with Crippen molar-refractivity contribution in [1.82, 2.24) is 5.32 Å². The summed E-state index contributed by atoms with van der Waals surface area (Å²) in [6.45, 7) is 0.462. The topological polar surface area (TPSA) is 52.6 Å². The van der Waals surface area contributed by atoms with Crippen molar-refractivity contribution in [1.29, 1.82) is 0 Å². The Bertz CT molecular complexity index is 1190. The van der Waals surface area contributed by atoms with Crippen LogP contribution in [0.3, 0.4) is 0 Å². The van der Waals surface area contributed by atoms with Crippen LogP contribution in [-0.4, -0.2) is 18.1 Å². The first-order valence-electron chi connectivity index (χ1n) is 10.8. The number of hydrogen-bond donors (Lipinski definition) is 2. The van der Waals surface area contributed by atoms with Crippen LogP contribution >= 0.6 is 11.9 Å². The minimum Gasteiger partial charge on any atom is -0.508 e. The van der Waals surface area contributed by atoms with E-state index in [2.05, 4.69) is 53.1 Å². The van der Waals surface area contributed by atoms with Gasteiger partial charge in [-0.25, -0.2) is 0 Å². The number of anilines is 1. The molecule has 33 heavy (non-hydrogen) atoms. The molecule has 0 aromatic heterocycles. The van der Waals surface area contributed by atoms with Gasteiger partial charge in [0.25, 0.3) is 5.91 Å². The molecule has 1 amide bonds. The van der Waals surface area contributed by atoms with Crippen molar-refractivity contribution in [2.24, 2.45) is 0 Å². The van der Waals surface area contributed by atoms with E-state index in [0.29, 0.717) is 12.1 Å². The van der Waals surface area contributed by atoms with Gasteiger partial charge in [-0.05, 0) is 70.6 Å². The van der Waals surface area contributed by atoms with Gasteiger partial charge in [-0.15, -0.1) is 0 Å². The van der Waals surface area contributed by atoms with Crippen LogP contribution in [-0.2, 0) is 12.3 Å². The normalized spacial score (nSPS) is 10.6. The number of phenols is 1. The molecular formula is C28H26N2O2S. The lowest BCUT2D eigenvalue weighted by molar-refractivity contribution is 0.0951. The van der Waals surface area contributed by atoms with E-state index >= 15 is 0 Å². The zero-order chi connectivity index (χ0) is 23.0. The highest BCUT2D eigenvalue weighted by Crippen LogP contribution is 2.25. The molecule has 4 aromatic carbocycles. The number of nitrogens with one attached hydrogen (secondary N) is 1. The lowest BCUT2D eigenvalue weighted by Crippen LogP contribution is -2.22. The van der Waals surface area contributed by atoms with E-state index in [1.807, 2.05) is 54.6 Å². The van der Waals surface area contributed by atoms with E-state index in [4.69, 9.17) is 0 Å². The predicted molar refractivity (Wildman–Crippen MR) is 137 cm³/mol. The van der Waals surface area contributed by atoms with Gasteiger partial charge >= 0.3 is 0 Å². The molecule has 0 fully saturated rings. The predicted octanol–water partition coefficient (Wildman–Crippen LogP) is 6.27. The van der Waals surface area contributed by atoms with Crippen LogP contribution in [0.2, 0.25) is 0 Å². The lowest BCUT2D eigenvalue weighted by Gasteiger charge is -2.19. The van der Waals surface area contributed by atoms with Gasteiger partial charge in [0.1, 0.15) is 5.75 Å². The van der Waals surface area contributed by atoms with E-state index in [9.17, 15) is 9.90 Å². The molecule has 0 spiro atoms. The van der Waals surface area contributed by atoms with Gasteiger partial charge in [0.05, 0.1) is 0 Å². The smallest absolute Gasteiger partial charge is 0.251 e. The third-order valence-electron chi connectivity index (χ3n) is 5.34. The largest absolute Gasteiger partial charge is 0.508 e. The monoisotopic (exact) mass is 454 g/mol. The van der Waals surface area contributed by atoms with Crippen LogP contribution in [0.25, 0.3) is 11.1 Å². The Morgan fingerprint density at radius 3 is 2.15 bits per heavy atom. The van der Waals surface area contributed by atoms with Gasteiger partial charge in [-0.1, -0.05) is 66.7 Å². The van der Waals surface area contributed by atoms with E-state index in [1.165, 1.54) is 5.56 Å². The van der Waals surface area contributed by atoms with Crippen LogP contribution in [0.4, 0.5) is 5.69 Å². The van der Waals surface area contributed by atoms with Crippen molar-refractivity contribution in [3.05, 3.63) is 120 Å². The summed E-state index contributed by atoms with van der Waals surface area (Å²) in [6, 6.07) is 33.1. The number of benzene rings is 4. The fourth-order valence-corrected chi connectivity index (χ4v) is 4.23. The van der Waals surface area contributed by atoms with E-state index in [0.717, 1.165) is 28.1 Å². The highest BCUT2D eigenvalue weighted by atomic mass is 32.2. The number of carbonyl (C=O) groups is 1. The number of carbonyl (C=O) groups excluding carboxylic acids is 1. The van der Waals surface area contributed by atoms with Gasteiger partial charge in [-0.2, -0.15) is 0 Å². The highest BCUT2D eigenvalue weighted by molar-refractivity contribution is 7.99. The Hall–Kier alpha value is -3.70. The average molecular weight is 455 g/mol. The van der Waals surface area contributed by atoms with Gasteiger partial charge < -0.3 is 14.7 Å². The summed E-state index contributed by atoms with van der Waals surface area (Å²) in [7, 11) is 2.06. The van der Waals surface area contributed by atoms with Gasteiger partial charge in [0, 0.05) is 30.6 Å². The maximum absolute atomic E-state index is 12.6. The Morgan fingerprint density at radius 2 is 1.45 bits per heavy atom. The zero-order valence-electron chi connectivity index (χ0n) is 18.4. The minimum atomic E-state index is -0.107. The first-order chi connectivity index (χ1) is 16.1. The molecule has 166 valence electrons. The van der Waals surface area contributed by atoms with Crippen molar-refractivity contribution in [3.8, 4) is 16.9 Å². The SMILES string of the molecule is CN(SCc1ccccc1)c1cccc(CNC(=O)c2ccc(-c3ccc(O)cc3)cc2)c1. The maximum atomic E-state index is 12.6. The maximum Gasteiger partial charge on any atom is 0.251 e. The quantitative estimate of drug-likeness (QED) is 0.308. The molecule has 2 N–H and O–H groups in total. The van der Waals surface area contributed by atoms with Gasteiger partial charge in [-0.3, -0.25) is 4.79 Å². The van der Waals surface area contributed by atoms with Crippen LogP contribution in [0, 0.1) is 0 Å². The van der Waals surface area contributed by atoms with E-state index in [-0.39, 0.29) is 11.7 Å². The first kappa shape index (κ1) is 22.5. The Kier molecular flexibility index (Phi) is 7.33. The summed E-state index contributed by atoms with van der Waals surface area (Å²) in [5, 5.41) is 12.4. The van der Waals surface area contributed by atoms with E-state index in [1.54, 1.807) is 24.1 Å². The average Bonchev–Trinajstić information content (AvgIpc) is 2.87. The molecule has 4 rings (SSSR count). The van der Waals surface area contributed by atoms with Crippen molar-refractivity contribution < 1.29 is 9.90 Å². The summed E-state index contributed by atoms with van der Waals surface area (Å²) >= 11 is 1.74. The van der Waals surface area contributed by atoms with Crippen molar-refractivity contribution in [2.75, 3.05) is 11.4 Å². The molecule has 0 aliphatic heterocycles. The number of aromatic hydroxyl groups is 1. The fraction of sp³-hybridized carbons (Fsp3) is 0.107. The van der Waals surface area contributed by atoms with Crippen LogP contribution in [0.5, 0.6) is 5.75 Å². The van der Waals surface area contributed by atoms with Gasteiger partial charge in [0.2, 0.25) is 0 Å². The van der Waals surface area contributed by atoms with Crippen LogP contribution in [0.15, 0.2) is 103 Å². The second-order valence-electron chi connectivity index (χ2n) is 7.73. The molecule has 5 heteroatoms. The molecule has 0 saturated heterocycles. The lowest BCUT2D eigenvalue weighted by atomic mass is 10.0. The molecular weight excluding hydrogens is 428 g/mol. The third kappa shape index (κ3) is 6.18. The molecule has 0 heterocycles. The molecule has 0 aliphatic rings. The summed E-state index contributed by atoms with van der Waals surface area (Å²) in [4.78, 5) is 12.6. The number of rotatable bonds is 8. The molecule has 0 atom stereocenters. The zero-order valence-corrected chi connectivity index (χ0v) is 19.3. The minimum absolute atomic E-state index is 0.107. The van der Waals surface area contributed by atoms with E-state index < -0.39 is 0 Å². The molecule has 0 aliphatic carbocycles. The fourth-order valence-electron chi connectivity index (χ4n) is 3.43. The molecule has 4 aromatic rings. The number of hydrogen-bond acceptors (Lipinski definition) is 4. The second-order valence-corrected chi connectivity index (χ2v) is 8.83. The highest BCUT2D eigenvalue weighted by Gasteiger charge is 2.08. The standard InChI is InChI=1S/C28H26N2O2S/c1-30(33-20-21-6-3-2-4-7-21)26-9-5-8-22(18-26)19-29-28(32)25-12-10-23(11-13-25)24-14-16-27(31)17-15-24/h2-18,31H,19-20H2,1H3,(H,29,32). The molecule has 0 unspecified atom stereocenters. The number of nitrogens with zero attached hydrogens (tertiary/aromatic N) is 1. The molecule has 4 nitrogen and oxygen atoms in total. The van der Waals surface area contributed by atoms with Crippen LogP contribution in [0.1, 0.15) is 21.5 Å². The second kappa shape index (κ2) is 10.7. The Balaban J connectivity index is 1.33. The summed E-state index contributed by atoms with van der Waals surface area (Å²) in [5.41, 5.74) is 6.04. The van der Waals surface area contributed by atoms with Gasteiger partial charge in [0.15, 0.2) is 0 Å². The number of phenolic OH excluding ortho intramolecular Hbond substituents is 1. The molecule has 0 radical (unpaired) electrons. The third-order valence-corrected chi connectivity index (χ3v) is 6.40. The van der Waals surface area contributed by atoms with Crippen molar-refractivity contribution in [2.45, 2.75) is 12.3 Å². The van der Waals surface area contributed by atoms with Crippen molar-refractivity contribution >= 4 is 23.5 Å². The van der Waals surface area contributed by atoms with Crippen LogP contribution < -0.4 is 9.62 Å². The molecule has 0 saturated carbocycles. The summed E-state index contributed by atoms with van der Waals surface area (Å²) in [5.74, 6) is 1.03. The summed E-state index contributed by atoms with van der Waals surface area (Å²) < 4.78 is 2.15. The summed E-state index contributed by atoms with van der Waals surface area (Å²) in [6.07, 6.45) is 0. The first-order valence-corrected chi connectivity index (χ1v) is 11.7. The molecule has 0 bridgehead atoms. The Labute approximate surface area is 199 Å².